The van der Waals surface area contributed by atoms with Crippen LogP contribution in [0.1, 0.15) is 34.8 Å². The van der Waals surface area contributed by atoms with Crippen molar-refractivity contribution in [1.82, 2.24) is 4.57 Å². The second-order valence-electron chi connectivity index (χ2n) is 5.74. The third kappa shape index (κ3) is 3.13. The topological polar surface area (TPSA) is 34.4 Å². The highest BCUT2D eigenvalue weighted by Gasteiger charge is 2.10. The zero-order valence-electron chi connectivity index (χ0n) is 13.7. The van der Waals surface area contributed by atoms with Crippen LogP contribution in [0.15, 0.2) is 47.5 Å². The van der Waals surface area contributed by atoms with Gasteiger partial charge in [-0.15, -0.1) is 0 Å². The Morgan fingerprint density at radius 3 is 2.70 bits per heavy atom. The number of fused-ring (bicyclic) bond motifs is 1. The van der Waals surface area contributed by atoms with Crippen LogP contribution < -0.4 is 4.80 Å². The van der Waals surface area contributed by atoms with Crippen molar-refractivity contribution in [2.24, 2.45) is 4.99 Å². The van der Waals surface area contributed by atoms with Gasteiger partial charge in [-0.2, -0.15) is 4.99 Å². The summed E-state index contributed by atoms with van der Waals surface area (Å²) in [5.41, 5.74) is 3.95. The average Bonchev–Trinajstić information content (AvgIpc) is 2.85. The summed E-state index contributed by atoms with van der Waals surface area (Å²) in [6.07, 6.45) is 1.01. The van der Waals surface area contributed by atoms with Crippen molar-refractivity contribution >= 4 is 27.5 Å². The predicted molar refractivity (Wildman–Crippen MR) is 95.9 cm³/mol. The molecule has 3 nitrogen and oxygen atoms in total. The fourth-order valence-electron chi connectivity index (χ4n) is 2.75. The van der Waals surface area contributed by atoms with E-state index in [0.717, 1.165) is 39.1 Å². The largest absolute Gasteiger partial charge is 0.316 e. The van der Waals surface area contributed by atoms with Gasteiger partial charge in [0.2, 0.25) is 0 Å². The molecule has 0 aliphatic rings. The van der Waals surface area contributed by atoms with Gasteiger partial charge in [0, 0.05) is 12.1 Å². The van der Waals surface area contributed by atoms with E-state index in [4.69, 9.17) is 0 Å². The molecule has 0 spiro atoms. The molecule has 0 radical (unpaired) electrons. The standard InChI is InChI=1S/C19H20N2OS/c1-4-11-21-16-7-5-6-8-17(16)23-19(21)20-18(22)15-10-9-13(2)12-14(15)3/h5-10,12H,4,11H2,1-3H3. The van der Waals surface area contributed by atoms with E-state index in [9.17, 15) is 4.79 Å². The number of carbonyl (C=O) groups is 1. The Kier molecular flexibility index (Phi) is 4.44. The van der Waals surface area contributed by atoms with Gasteiger partial charge in [-0.25, -0.2) is 0 Å². The molecule has 0 saturated carbocycles. The predicted octanol–water partition coefficient (Wildman–Crippen LogP) is 4.47. The maximum absolute atomic E-state index is 12.6. The van der Waals surface area contributed by atoms with Crippen LogP contribution in [0.5, 0.6) is 0 Å². The Morgan fingerprint density at radius 1 is 1.17 bits per heavy atom. The number of benzene rings is 2. The first-order chi connectivity index (χ1) is 11.1. The number of para-hydroxylation sites is 1. The van der Waals surface area contributed by atoms with Crippen LogP contribution in [-0.4, -0.2) is 10.5 Å². The smallest absolute Gasteiger partial charge is 0.279 e. The first-order valence-electron chi connectivity index (χ1n) is 7.85. The van der Waals surface area contributed by atoms with Crippen molar-refractivity contribution in [3.05, 3.63) is 64.0 Å². The number of thiazole rings is 1. The highest BCUT2D eigenvalue weighted by Crippen LogP contribution is 2.17. The van der Waals surface area contributed by atoms with Gasteiger partial charge >= 0.3 is 0 Å². The summed E-state index contributed by atoms with van der Waals surface area (Å²) in [5.74, 6) is -0.168. The van der Waals surface area contributed by atoms with Gasteiger partial charge in [0.25, 0.3) is 5.91 Å². The summed E-state index contributed by atoms with van der Waals surface area (Å²) >= 11 is 1.57. The Hall–Kier alpha value is -2.20. The Morgan fingerprint density at radius 2 is 1.96 bits per heavy atom. The van der Waals surface area contributed by atoms with Crippen LogP contribution in [-0.2, 0) is 6.54 Å². The highest BCUT2D eigenvalue weighted by molar-refractivity contribution is 7.16. The molecule has 2 aromatic carbocycles. The molecule has 0 aliphatic carbocycles. The lowest BCUT2D eigenvalue weighted by Gasteiger charge is -2.04. The van der Waals surface area contributed by atoms with E-state index in [2.05, 4.69) is 28.6 Å². The molecule has 3 rings (SSSR count). The molecule has 1 heterocycles. The molecule has 0 unspecified atom stereocenters. The Bertz CT molecular complexity index is 934. The second kappa shape index (κ2) is 6.50. The summed E-state index contributed by atoms with van der Waals surface area (Å²) in [6, 6.07) is 14.1. The molecule has 4 heteroatoms. The summed E-state index contributed by atoms with van der Waals surface area (Å²) in [6.45, 7) is 6.98. The van der Waals surface area contributed by atoms with Crippen LogP contribution >= 0.6 is 11.3 Å². The van der Waals surface area contributed by atoms with E-state index in [1.807, 2.05) is 44.2 Å². The normalized spacial score (nSPS) is 12.0. The zero-order chi connectivity index (χ0) is 16.4. The molecule has 0 N–H and O–H groups in total. The molecule has 0 atom stereocenters. The number of hydrogen-bond donors (Lipinski definition) is 0. The number of aryl methyl sites for hydroxylation is 3. The maximum Gasteiger partial charge on any atom is 0.279 e. The number of amides is 1. The van der Waals surface area contributed by atoms with E-state index in [1.54, 1.807) is 11.3 Å². The van der Waals surface area contributed by atoms with E-state index >= 15 is 0 Å². The molecule has 0 saturated heterocycles. The van der Waals surface area contributed by atoms with Crippen LogP contribution in [0.25, 0.3) is 10.2 Å². The Labute approximate surface area is 139 Å². The highest BCUT2D eigenvalue weighted by atomic mass is 32.1. The fourth-order valence-corrected chi connectivity index (χ4v) is 3.80. The van der Waals surface area contributed by atoms with Gasteiger partial charge in [0.1, 0.15) is 0 Å². The number of hydrogen-bond acceptors (Lipinski definition) is 2. The van der Waals surface area contributed by atoms with E-state index in [-0.39, 0.29) is 5.91 Å². The van der Waals surface area contributed by atoms with E-state index < -0.39 is 0 Å². The monoisotopic (exact) mass is 324 g/mol. The van der Waals surface area contributed by atoms with E-state index in [0.29, 0.717) is 5.56 Å². The molecule has 0 fully saturated rings. The minimum absolute atomic E-state index is 0.168. The number of carbonyl (C=O) groups excluding carboxylic acids is 1. The molecular formula is C19H20N2OS. The van der Waals surface area contributed by atoms with E-state index in [1.165, 1.54) is 0 Å². The van der Waals surface area contributed by atoms with Crippen molar-refractivity contribution in [1.29, 1.82) is 0 Å². The molecule has 0 bridgehead atoms. The molecule has 1 aromatic heterocycles. The number of nitrogens with zero attached hydrogens (tertiary/aromatic N) is 2. The van der Waals surface area contributed by atoms with Gasteiger partial charge in [0.05, 0.1) is 10.2 Å². The van der Waals surface area contributed by atoms with Crippen LogP contribution in [0.3, 0.4) is 0 Å². The van der Waals surface area contributed by atoms with Gasteiger partial charge in [-0.3, -0.25) is 4.79 Å². The van der Waals surface area contributed by atoms with Crippen LogP contribution in [0.2, 0.25) is 0 Å². The summed E-state index contributed by atoms with van der Waals surface area (Å²) in [4.78, 5) is 17.8. The Balaban J connectivity index is 2.13. The fraction of sp³-hybridized carbons (Fsp3) is 0.263. The van der Waals surface area contributed by atoms with Crippen molar-refractivity contribution in [2.45, 2.75) is 33.7 Å². The molecule has 23 heavy (non-hydrogen) atoms. The quantitative estimate of drug-likeness (QED) is 0.700. The summed E-state index contributed by atoms with van der Waals surface area (Å²) < 4.78 is 3.30. The average molecular weight is 324 g/mol. The summed E-state index contributed by atoms with van der Waals surface area (Å²) in [7, 11) is 0. The maximum atomic E-state index is 12.6. The molecule has 1 amide bonds. The molecule has 3 aromatic rings. The molecule has 0 aliphatic heterocycles. The second-order valence-corrected chi connectivity index (χ2v) is 6.75. The van der Waals surface area contributed by atoms with Gasteiger partial charge in [-0.1, -0.05) is 48.1 Å². The van der Waals surface area contributed by atoms with Gasteiger partial charge in [0.15, 0.2) is 4.80 Å². The van der Waals surface area contributed by atoms with Crippen molar-refractivity contribution in [3.63, 3.8) is 0 Å². The van der Waals surface area contributed by atoms with Crippen molar-refractivity contribution in [2.75, 3.05) is 0 Å². The molecular weight excluding hydrogens is 304 g/mol. The van der Waals surface area contributed by atoms with Gasteiger partial charge in [-0.05, 0) is 44.0 Å². The lowest BCUT2D eigenvalue weighted by molar-refractivity contribution is 0.0997. The number of aromatic nitrogens is 1. The lowest BCUT2D eigenvalue weighted by atomic mass is 10.1. The first-order valence-corrected chi connectivity index (χ1v) is 8.66. The SMILES string of the molecule is CCCn1c(=NC(=O)c2ccc(C)cc2C)sc2ccccc21. The van der Waals surface area contributed by atoms with Crippen molar-refractivity contribution < 1.29 is 4.79 Å². The summed E-state index contributed by atoms with van der Waals surface area (Å²) in [5, 5.41) is 0. The van der Waals surface area contributed by atoms with Crippen LogP contribution in [0, 0.1) is 13.8 Å². The first kappa shape index (κ1) is 15.7. The minimum Gasteiger partial charge on any atom is -0.316 e. The number of rotatable bonds is 3. The third-order valence-electron chi connectivity index (χ3n) is 3.84. The third-order valence-corrected chi connectivity index (χ3v) is 4.90. The van der Waals surface area contributed by atoms with Gasteiger partial charge < -0.3 is 4.57 Å². The zero-order valence-corrected chi connectivity index (χ0v) is 14.5. The minimum atomic E-state index is -0.168. The lowest BCUT2D eigenvalue weighted by Crippen LogP contribution is -2.17. The van der Waals surface area contributed by atoms with Crippen LogP contribution in [0.4, 0.5) is 0 Å². The van der Waals surface area contributed by atoms with Crippen molar-refractivity contribution in [3.8, 4) is 0 Å². The molecule has 118 valence electrons.